The SMILES string of the molecule is COC(=O)N(C)c1cc(Cl)cc([N+](=O)[O-])c1. The lowest BCUT2D eigenvalue weighted by Crippen LogP contribution is -2.25. The highest BCUT2D eigenvalue weighted by Gasteiger charge is 2.15. The van der Waals surface area contributed by atoms with Gasteiger partial charge in [0.1, 0.15) is 0 Å². The van der Waals surface area contributed by atoms with E-state index in [2.05, 4.69) is 4.74 Å². The number of nitro benzene ring substituents is 1. The smallest absolute Gasteiger partial charge is 0.413 e. The summed E-state index contributed by atoms with van der Waals surface area (Å²) in [5.74, 6) is 0. The molecule has 0 spiro atoms. The Bertz CT molecular complexity index is 436. The Labute approximate surface area is 96.5 Å². The Kier molecular flexibility index (Phi) is 3.68. The second kappa shape index (κ2) is 4.80. The third-order valence-corrected chi connectivity index (χ3v) is 2.13. The number of nitrogens with zero attached hydrogens (tertiary/aromatic N) is 2. The van der Waals surface area contributed by atoms with E-state index in [1.54, 1.807) is 0 Å². The minimum atomic E-state index is -0.628. The van der Waals surface area contributed by atoms with Crippen LogP contribution in [0.4, 0.5) is 16.2 Å². The standard InChI is InChI=1S/C9H9ClN2O4/c1-11(9(13)16-2)7-3-6(10)4-8(5-7)12(14)15/h3-5H,1-2H3. The van der Waals surface area contributed by atoms with Gasteiger partial charge in [0.2, 0.25) is 0 Å². The van der Waals surface area contributed by atoms with Crippen molar-refractivity contribution in [2.75, 3.05) is 19.1 Å². The van der Waals surface area contributed by atoms with Gasteiger partial charge in [-0.1, -0.05) is 11.6 Å². The normalized spacial score (nSPS) is 9.69. The molecule has 0 N–H and O–H groups in total. The number of non-ortho nitro benzene ring substituents is 1. The molecule has 1 rings (SSSR count). The highest BCUT2D eigenvalue weighted by molar-refractivity contribution is 6.31. The van der Waals surface area contributed by atoms with Gasteiger partial charge in [-0.3, -0.25) is 15.0 Å². The summed E-state index contributed by atoms with van der Waals surface area (Å²) in [6, 6.07) is 3.88. The van der Waals surface area contributed by atoms with Crippen molar-refractivity contribution in [3.05, 3.63) is 33.3 Å². The van der Waals surface area contributed by atoms with Crippen molar-refractivity contribution in [2.45, 2.75) is 0 Å². The van der Waals surface area contributed by atoms with Gasteiger partial charge in [0.05, 0.1) is 17.7 Å². The number of rotatable bonds is 2. The lowest BCUT2D eigenvalue weighted by Gasteiger charge is -2.15. The lowest BCUT2D eigenvalue weighted by atomic mass is 10.2. The van der Waals surface area contributed by atoms with Gasteiger partial charge < -0.3 is 4.74 Å². The molecule has 0 saturated carbocycles. The summed E-state index contributed by atoms with van der Waals surface area (Å²) in [6.07, 6.45) is -0.628. The molecule has 0 aliphatic rings. The van der Waals surface area contributed by atoms with Crippen molar-refractivity contribution in [3.8, 4) is 0 Å². The number of amides is 1. The summed E-state index contributed by atoms with van der Waals surface area (Å²) in [7, 11) is 2.65. The van der Waals surface area contributed by atoms with Gasteiger partial charge in [0.25, 0.3) is 5.69 Å². The Balaban J connectivity index is 3.14. The molecule has 7 heteroatoms. The van der Waals surface area contributed by atoms with Crippen molar-refractivity contribution >= 4 is 29.1 Å². The van der Waals surface area contributed by atoms with E-state index in [1.165, 1.54) is 32.4 Å². The predicted octanol–water partition coefficient (Wildman–Crippen LogP) is 2.45. The van der Waals surface area contributed by atoms with E-state index in [4.69, 9.17) is 11.6 Å². The third-order valence-electron chi connectivity index (χ3n) is 1.91. The molecule has 0 heterocycles. The summed E-state index contributed by atoms with van der Waals surface area (Å²) in [5.41, 5.74) is 0.115. The van der Waals surface area contributed by atoms with Crippen LogP contribution in [0.3, 0.4) is 0 Å². The number of hydrogen-bond acceptors (Lipinski definition) is 4. The number of methoxy groups -OCH3 is 1. The molecule has 1 aromatic rings. The zero-order chi connectivity index (χ0) is 12.3. The minimum absolute atomic E-state index is 0.181. The second-order valence-electron chi connectivity index (χ2n) is 2.95. The molecule has 0 atom stereocenters. The summed E-state index contributed by atoms with van der Waals surface area (Å²) in [4.78, 5) is 22.3. The topological polar surface area (TPSA) is 72.7 Å². The van der Waals surface area contributed by atoms with Crippen LogP contribution >= 0.6 is 11.6 Å². The fourth-order valence-electron chi connectivity index (χ4n) is 1.10. The predicted molar refractivity (Wildman–Crippen MR) is 58.9 cm³/mol. The van der Waals surface area contributed by atoms with E-state index in [9.17, 15) is 14.9 Å². The molecule has 0 aliphatic carbocycles. The first-order valence-electron chi connectivity index (χ1n) is 4.22. The van der Waals surface area contributed by atoms with Gasteiger partial charge in [0, 0.05) is 24.2 Å². The quantitative estimate of drug-likeness (QED) is 0.592. The molecular weight excluding hydrogens is 236 g/mol. The van der Waals surface area contributed by atoms with Crippen molar-refractivity contribution in [1.82, 2.24) is 0 Å². The van der Waals surface area contributed by atoms with Crippen LogP contribution in [0.5, 0.6) is 0 Å². The highest BCUT2D eigenvalue weighted by Crippen LogP contribution is 2.26. The van der Waals surface area contributed by atoms with Crippen LogP contribution in [0, 0.1) is 10.1 Å². The molecule has 6 nitrogen and oxygen atoms in total. The van der Waals surface area contributed by atoms with Crippen LogP contribution in [-0.2, 0) is 4.74 Å². The van der Waals surface area contributed by atoms with Crippen molar-refractivity contribution in [2.24, 2.45) is 0 Å². The van der Waals surface area contributed by atoms with Crippen LogP contribution in [0.1, 0.15) is 0 Å². The average Bonchev–Trinajstić information content (AvgIpc) is 2.26. The number of ether oxygens (including phenoxy) is 1. The number of benzene rings is 1. The number of anilines is 1. The summed E-state index contributed by atoms with van der Waals surface area (Å²) < 4.78 is 4.48. The Morgan fingerprint density at radius 1 is 1.50 bits per heavy atom. The number of carbonyl (C=O) groups excluding carboxylic acids is 1. The van der Waals surface area contributed by atoms with Crippen LogP contribution in [-0.4, -0.2) is 25.2 Å². The number of carbonyl (C=O) groups is 1. The zero-order valence-electron chi connectivity index (χ0n) is 8.64. The largest absolute Gasteiger partial charge is 0.452 e. The molecule has 1 aromatic carbocycles. The van der Waals surface area contributed by atoms with Gasteiger partial charge in [-0.05, 0) is 6.07 Å². The van der Waals surface area contributed by atoms with Gasteiger partial charge in [-0.2, -0.15) is 0 Å². The first-order valence-corrected chi connectivity index (χ1v) is 4.60. The maximum absolute atomic E-state index is 11.2. The number of nitro groups is 1. The molecule has 0 aromatic heterocycles. The summed E-state index contributed by atoms with van der Waals surface area (Å²) >= 11 is 5.70. The highest BCUT2D eigenvalue weighted by atomic mass is 35.5. The minimum Gasteiger partial charge on any atom is -0.452 e. The van der Waals surface area contributed by atoms with Gasteiger partial charge in [0.15, 0.2) is 0 Å². The first-order chi connectivity index (χ1) is 7.45. The molecule has 16 heavy (non-hydrogen) atoms. The zero-order valence-corrected chi connectivity index (χ0v) is 9.39. The van der Waals surface area contributed by atoms with Crippen molar-refractivity contribution in [1.29, 1.82) is 0 Å². The fraction of sp³-hybridized carbons (Fsp3) is 0.222. The molecule has 0 unspecified atom stereocenters. The monoisotopic (exact) mass is 244 g/mol. The Morgan fingerprint density at radius 2 is 2.12 bits per heavy atom. The third kappa shape index (κ3) is 2.60. The fourth-order valence-corrected chi connectivity index (χ4v) is 1.32. The van der Waals surface area contributed by atoms with E-state index < -0.39 is 11.0 Å². The van der Waals surface area contributed by atoms with E-state index in [0.29, 0.717) is 5.69 Å². The molecule has 0 aliphatic heterocycles. The van der Waals surface area contributed by atoms with E-state index in [1.807, 2.05) is 0 Å². The Hall–Kier alpha value is -1.82. The summed E-state index contributed by atoms with van der Waals surface area (Å²) in [5, 5.41) is 10.8. The average molecular weight is 245 g/mol. The Morgan fingerprint density at radius 3 is 2.62 bits per heavy atom. The number of hydrogen-bond donors (Lipinski definition) is 0. The van der Waals surface area contributed by atoms with E-state index in [-0.39, 0.29) is 10.7 Å². The van der Waals surface area contributed by atoms with Crippen LogP contribution in [0.15, 0.2) is 18.2 Å². The number of halogens is 1. The molecule has 1 amide bonds. The van der Waals surface area contributed by atoms with Crippen molar-refractivity contribution in [3.63, 3.8) is 0 Å². The summed E-state index contributed by atoms with van der Waals surface area (Å²) in [6.45, 7) is 0. The molecule has 86 valence electrons. The van der Waals surface area contributed by atoms with Crippen LogP contribution in [0.25, 0.3) is 0 Å². The van der Waals surface area contributed by atoms with Crippen LogP contribution < -0.4 is 4.90 Å². The second-order valence-corrected chi connectivity index (χ2v) is 3.39. The van der Waals surface area contributed by atoms with Gasteiger partial charge in [-0.15, -0.1) is 0 Å². The maximum Gasteiger partial charge on any atom is 0.413 e. The molecule has 0 fully saturated rings. The molecular formula is C9H9ClN2O4. The van der Waals surface area contributed by atoms with Gasteiger partial charge in [-0.25, -0.2) is 4.79 Å². The molecule has 0 bridgehead atoms. The molecule has 0 radical (unpaired) electrons. The first kappa shape index (κ1) is 12.3. The van der Waals surface area contributed by atoms with E-state index >= 15 is 0 Å². The van der Waals surface area contributed by atoms with Gasteiger partial charge >= 0.3 is 6.09 Å². The molecule has 0 saturated heterocycles. The lowest BCUT2D eigenvalue weighted by molar-refractivity contribution is -0.384. The van der Waals surface area contributed by atoms with Crippen molar-refractivity contribution < 1.29 is 14.5 Å². The maximum atomic E-state index is 11.2. The van der Waals surface area contributed by atoms with E-state index in [0.717, 1.165) is 4.90 Å². The van der Waals surface area contributed by atoms with Crippen LogP contribution in [0.2, 0.25) is 5.02 Å².